The second-order valence-electron chi connectivity index (χ2n) is 7.37. The number of benzene rings is 4. The average molecular weight is 634 g/mol. The zero-order valence-electron chi connectivity index (χ0n) is 17.7. The first-order valence-electron chi connectivity index (χ1n) is 10.3. The Bertz CT molecular complexity index is 1140. The van der Waals surface area contributed by atoms with Gasteiger partial charge in [0.25, 0.3) is 0 Å². The van der Waals surface area contributed by atoms with Gasteiger partial charge in [0.05, 0.1) is 0 Å². The van der Waals surface area contributed by atoms with Crippen LogP contribution in [0.4, 0.5) is 11.4 Å². The predicted molar refractivity (Wildman–Crippen MR) is 130 cm³/mol. The van der Waals surface area contributed by atoms with Gasteiger partial charge in [-0.1, -0.05) is 0 Å². The molecule has 0 saturated carbocycles. The molecule has 0 saturated heterocycles. The topological polar surface area (TPSA) is 105 Å². The Morgan fingerprint density at radius 3 is 1.18 bits per heavy atom. The molecule has 4 aromatic carbocycles. The third kappa shape index (κ3) is 5.06. The number of hydrogen-bond donors (Lipinski definition) is 2. The van der Waals surface area contributed by atoms with Crippen molar-refractivity contribution in [2.75, 3.05) is 11.5 Å². The van der Waals surface area contributed by atoms with Gasteiger partial charge >= 0.3 is 198 Å². The van der Waals surface area contributed by atoms with Crippen LogP contribution in [0.25, 0.3) is 0 Å². The molecule has 0 spiro atoms. The summed E-state index contributed by atoms with van der Waals surface area (Å²) in [6.07, 6.45) is 0. The third-order valence-corrected chi connectivity index (χ3v) is 17.3. The quantitative estimate of drug-likeness (QED) is 0.250. The monoisotopic (exact) mass is 634 g/mol. The second kappa shape index (κ2) is 9.87. The molecule has 6 nitrogen and oxygen atoms in total. The van der Waals surface area contributed by atoms with Crippen molar-refractivity contribution < 1.29 is 15.0 Å². The molecule has 0 heterocycles. The number of rotatable bonds is 6. The van der Waals surface area contributed by atoms with Gasteiger partial charge in [-0.2, -0.15) is 0 Å². The molecule has 0 aliphatic rings. The van der Waals surface area contributed by atoms with E-state index in [1.807, 2.05) is 60.7 Å². The summed E-state index contributed by atoms with van der Waals surface area (Å²) >= 11 is -5.02. The van der Waals surface area contributed by atoms with Crippen molar-refractivity contribution in [2.45, 2.75) is 0 Å². The molecule has 0 unspecified atom stereocenters. The summed E-state index contributed by atoms with van der Waals surface area (Å²) in [4.78, 5) is 26.5. The second-order valence-corrected chi connectivity index (χ2v) is 18.2. The number of anilines is 2. The summed E-state index contributed by atoms with van der Waals surface area (Å²) in [5.74, 6) is -1.15. The van der Waals surface area contributed by atoms with Crippen LogP contribution in [0.15, 0.2) is 109 Å². The van der Waals surface area contributed by atoms with Crippen LogP contribution in [0.5, 0.6) is 0 Å². The molecule has 0 fully saturated rings. The van der Waals surface area contributed by atoms with Crippen LogP contribution in [-0.2, 0) is 5.37 Å². The summed E-state index contributed by atoms with van der Waals surface area (Å²) < 4.78 is 13.8. The van der Waals surface area contributed by atoms with E-state index in [-0.39, 0.29) is 0 Å². The Labute approximate surface area is 197 Å². The fourth-order valence-corrected chi connectivity index (χ4v) is 14.5. The normalized spacial score (nSPS) is 10.9. The van der Waals surface area contributed by atoms with Crippen molar-refractivity contribution in [1.29, 1.82) is 0 Å². The van der Waals surface area contributed by atoms with E-state index < -0.39 is 34.0 Å². The van der Waals surface area contributed by atoms with Crippen LogP contribution in [-0.4, -0.2) is 34.0 Å². The van der Waals surface area contributed by atoms with Gasteiger partial charge in [0.15, 0.2) is 0 Å². The zero-order valence-corrected chi connectivity index (χ0v) is 21.6. The summed E-state index contributed by atoms with van der Waals surface area (Å²) in [6, 6.07) is 31.3. The van der Waals surface area contributed by atoms with Crippen LogP contribution in [0.3, 0.4) is 0 Å². The van der Waals surface area contributed by atoms with E-state index in [1.165, 1.54) is 0 Å². The Hall–Kier alpha value is -3.66. The maximum absolute atomic E-state index is 13.3. The molecule has 0 atom stereocenters. The molecule has 0 bridgehead atoms. The average Bonchev–Trinajstić information content (AvgIpc) is 2.85. The molecule has 0 aromatic heterocycles. The third-order valence-electron chi connectivity index (χ3n) is 5.07. The first-order valence-corrected chi connectivity index (χ1v) is 17.3. The number of nitrogens with two attached hydrogens (primary N) is 2. The number of hydrogen-bond acceptors (Lipinski definition) is 6. The first-order chi connectivity index (χ1) is 16.0. The Kier molecular flexibility index (Phi) is 6.74. The van der Waals surface area contributed by atoms with Crippen molar-refractivity contribution in [3.63, 3.8) is 0 Å². The maximum atomic E-state index is 13.3. The van der Waals surface area contributed by atoms with Crippen LogP contribution in [0.1, 0.15) is 20.7 Å². The molecule has 0 radical (unpaired) electrons. The summed E-state index contributed by atoms with van der Waals surface area (Å²) in [6.45, 7) is 0. The Morgan fingerprint density at radius 2 is 0.848 bits per heavy atom. The molecule has 0 amide bonds. The van der Waals surface area contributed by atoms with Gasteiger partial charge < -0.3 is 0 Å². The van der Waals surface area contributed by atoms with Gasteiger partial charge in [0.2, 0.25) is 0 Å². The van der Waals surface area contributed by atoms with Crippen molar-refractivity contribution in [1.82, 2.24) is 0 Å². The van der Waals surface area contributed by atoms with Crippen molar-refractivity contribution in [3.8, 4) is 0 Å². The number of nitrogen functional groups attached to an aromatic ring is 2. The van der Waals surface area contributed by atoms with Crippen LogP contribution in [0.2, 0.25) is 0 Å². The van der Waals surface area contributed by atoms with E-state index in [4.69, 9.17) is 16.8 Å². The molecule has 7 heteroatoms. The first kappa shape index (κ1) is 22.5. The number of carbonyl (C=O) groups excluding carboxylic acids is 2. The summed E-state index contributed by atoms with van der Waals surface area (Å²) in [7, 11) is 0. The molecule has 0 aliphatic heterocycles. The standard InChI is InChI=1S/2C7H7NO2.2C6H5.Pb/c2*8-6-3-1-5(2-4-6)7(9)10;2*1-2-4-6-5-3-1;/h2*1-4H,8H2,(H,9,10);2*1-5H;/q;;;;+2/p-2. The van der Waals surface area contributed by atoms with Crippen LogP contribution in [0, 0.1) is 0 Å². The number of carbonyl (C=O) groups is 2. The van der Waals surface area contributed by atoms with Crippen LogP contribution < -0.4 is 17.7 Å². The minimum absolute atomic E-state index is 0.323. The van der Waals surface area contributed by atoms with E-state index in [0.29, 0.717) is 28.7 Å². The van der Waals surface area contributed by atoms with E-state index in [2.05, 4.69) is 0 Å². The van der Waals surface area contributed by atoms with Gasteiger partial charge in [-0.3, -0.25) is 0 Å². The molecular weight excluding hydrogens is 611 g/mol. The molecule has 0 aliphatic carbocycles. The van der Waals surface area contributed by atoms with E-state index in [0.717, 1.165) is 0 Å². The Balaban J connectivity index is 1.83. The fourth-order valence-electron chi connectivity index (χ4n) is 3.36. The fraction of sp³-hybridized carbons (Fsp3) is 0. The molecular formula is C26H22N2O4Pb. The Morgan fingerprint density at radius 1 is 0.515 bits per heavy atom. The summed E-state index contributed by atoms with van der Waals surface area (Å²) in [5, 5.41) is 0. The summed E-state index contributed by atoms with van der Waals surface area (Å²) in [5.41, 5.74) is 13.2. The van der Waals surface area contributed by atoms with Gasteiger partial charge in [-0.15, -0.1) is 0 Å². The van der Waals surface area contributed by atoms with E-state index >= 15 is 0 Å². The minimum atomic E-state index is -5.02. The molecule has 4 rings (SSSR count). The predicted octanol–water partition coefficient (Wildman–Crippen LogP) is 3.12. The molecule has 4 N–H and O–H groups in total. The molecule has 4 aromatic rings. The molecule has 33 heavy (non-hydrogen) atoms. The van der Waals surface area contributed by atoms with Crippen molar-refractivity contribution in [2.24, 2.45) is 0 Å². The van der Waals surface area contributed by atoms with Gasteiger partial charge in [-0.05, 0) is 0 Å². The van der Waals surface area contributed by atoms with E-state index in [1.54, 1.807) is 48.5 Å². The van der Waals surface area contributed by atoms with Gasteiger partial charge in [0, 0.05) is 0 Å². The SMILES string of the molecule is Nc1ccc(C(=O)[O][Pb]([O]C(=O)c2ccc(N)cc2)([c]2ccccc2)[c]2ccccc2)cc1. The van der Waals surface area contributed by atoms with Crippen LogP contribution >= 0.6 is 0 Å². The van der Waals surface area contributed by atoms with Gasteiger partial charge in [0.1, 0.15) is 0 Å². The van der Waals surface area contributed by atoms with E-state index in [9.17, 15) is 9.59 Å². The van der Waals surface area contributed by atoms with Crippen molar-refractivity contribution in [3.05, 3.63) is 120 Å². The molecule has 164 valence electrons. The zero-order chi connectivity index (χ0) is 23.3. The van der Waals surface area contributed by atoms with Gasteiger partial charge in [-0.25, -0.2) is 0 Å². The van der Waals surface area contributed by atoms with Crippen molar-refractivity contribution >= 4 is 51.6 Å².